The molecule has 0 saturated carbocycles. The Kier molecular flexibility index (Phi) is 4.44. The van der Waals surface area contributed by atoms with Crippen molar-refractivity contribution in [2.24, 2.45) is 0 Å². The lowest BCUT2D eigenvalue weighted by Crippen LogP contribution is -2.36. The second kappa shape index (κ2) is 6.95. The van der Waals surface area contributed by atoms with Gasteiger partial charge in [0.05, 0.1) is 11.1 Å². The topological polar surface area (TPSA) is 38.1 Å². The molecule has 1 aromatic carbocycles. The zero-order valence-electron chi connectivity index (χ0n) is 14.9. The van der Waals surface area contributed by atoms with Gasteiger partial charge in [-0.25, -0.2) is 13.9 Å². The van der Waals surface area contributed by atoms with Crippen molar-refractivity contribution in [1.82, 2.24) is 9.55 Å². The molecule has 0 spiro atoms. The zero-order valence-corrected chi connectivity index (χ0v) is 16.5. The number of hydrogen-bond acceptors (Lipinski definition) is 5. The molecule has 0 atom stereocenters. The van der Waals surface area contributed by atoms with Crippen LogP contribution in [0.25, 0.3) is 15.9 Å². The van der Waals surface area contributed by atoms with E-state index in [4.69, 9.17) is 4.98 Å². The van der Waals surface area contributed by atoms with Crippen LogP contribution in [0.15, 0.2) is 29.1 Å². The second-order valence-electron chi connectivity index (χ2n) is 7.06. The second-order valence-corrected chi connectivity index (χ2v) is 9.25. The Bertz CT molecular complexity index is 1050. The van der Waals surface area contributed by atoms with Gasteiger partial charge < -0.3 is 4.90 Å². The maximum Gasteiger partial charge on any atom is 0.268 e. The number of fused-ring (bicyclic) bond motifs is 3. The van der Waals surface area contributed by atoms with Crippen LogP contribution < -0.4 is 10.5 Å². The monoisotopic (exact) mass is 401 g/mol. The minimum absolute atomic E-state index is 0.0171. The summed E-state index contributed by atoms with van der Waals surface area (Å²) < 4.78 is 15.2. The summed E-state index contributed by atoms with van der Waals surface area (Å²) >= 11 is 3.58. The van der Waals surface area contributed by atoms with Gasteiger partial charge in [0.25, 0.3) is 5.56 Å². The Morgan fingerprint density at radius 2 is 1.85 bits per heavy atom. The minimum atomic E-state index is -0.301. The van der Waals surface area contributed by atoms with Crippen molar-refractivity contribution in [3.8, 4) is 5.69 Å². The van der Waals surface area contributed by atoms with Gasteiger partial charge in [-0.3, -0.25) is 4.79 Å². The van der Waals surface area contributed by atoms with Crippen LogP contribution in [0.3, 0.4) is 0 Å². The standard InChI is InChI=1S/C20H20FN3OS2/c21-13-4-6-14(7-5-13)24-19(25)17-15-8-11-26-12-16(15)27-18(17)22-20(24)23-9-2-1-3-10-23/h4-7H,1-3,8-12H2. The molecular formula is C20H20FN3OS2. The van der Waals surface area contributed by atoms with Crippen LogP contribution in [-0.2, 0) is 12.2 Å². The molecule has 4 heterocycles. The van der Waals surface area contributed by atoms with Crippen LogP contribution in [0, 0.1) is 5.82 Å². The van der Waals surface area contributed by atoms with E-state index in [-0.39, 0.29) is 11.4 Å². The predicted molar refractivity (Wildman–Crippen MR) is 111 cm³/mol. The number of aromatic nitrogens is 2. The summed E-state index contributed by atoms with van der Waals surface area (Å²) in [5.74, 6) is 2.41. The lowest BCUT2D eigenvalue weighted by molar-refractivity contribution is 0.563. The van der Waals surface area contributed by atoms with Gasteiger partial charge in [0.15, 0.2) is 0 Å². The maximum atomic E-state index is 13.6. The third kappa shape index (κ3) is 2.97. The molecule has 2 aliphatic rings. The molecular weight excluding hydrogens is 381 g/mol. The van der Waals surface area contributed by atoms with E-state index in [9.17, 15) is 9.18 Å². The van der Waals surface area contributed by atoms with Gasteiger partial charge in [-0.1, -0.05) is 0 Å². The van der Waals surface area contributed by atoms with E-state index in [2.05, 4.69) is 4.90 Å². The quantitative estimate of drug-likeness (QED) is 0.639. The summed E-state index contributed by atoms with van der Waals surface area (Å²) in [6, 6.07) is 6.16. The highest BCUT2D eigenvalue weighted by atomic mass is 32.2. The number of rotatable bonds is 2. The summed E-state index contributed by atoms with van der Waals surface area (Å²) in [5, 5.41) is 0.764. The van der Waals surface area contributed by atoms with E-state index in [0.29, 0.717) is 11.6 Å². The van der Waals surface area contributed by atoms with Gasteiger partial charge in [0.2, 0.25) is 5.95 Å². The van der Waals surface area contributed by atoms with Gasteiger partial charge in [-0.15, -0.1) is 11.3 Å². The highest BCUT2D eigenvalue weighted by Crippen LogP contribution is 2.36. The van der Waals surface area contributed by atoms with Crippen molar-refractivity contribution in [3.63, 3.8) is 0 Å². The first-order valence-electron chi connectivity index (χ1n) is 9.38. The van der Waals surface area contributed by atoms with Crippen molar-refractivity contribution in [3.05, 3.63) is 50.9 Å². The Hall–Kier alpha value is -1.86. The first kappa shape index (κ1) is 17.3. The summed E-state index contributed by atoms with van der Waals surface area (Å²) in [4.78, 5) is 22.9. The highest BCUT2D eigenvalue weighted by molar-refractivity contribution is 7.98. The van der Waals surface area contributed by atoms with Crippen LogP contribution in [0.1, 0.15) is 29.7 Å². The molecule has 4 nitrogen and oxygen atoms in total. The Labute approximate surface area is 165 Å². The SMILES string of the molecule is O=c1c2c3c(sc2nc(N2CCCCC2)n1-c1ccc(F)cc1)CSCC3. The van der Waals surface area contributed by atoms with Crippen molar-refractivity contribution < 1.29 is 4.39 Å². The first-order chi connectivity index (χ1) is 13.2. The molecule has 140 valence electrons. The van der Waals surface area contributed by atoms with Crippen LogP contribution in [0.5, 0.6) is 0 Å². The van der Waals surface area contributed by atoms with E-state index in [1.165, 1.54) is 29.0 Å². The lowest BCUT2D eigenvalue weighted by Gasteiger charge is -2.29. The number of hydrogen-bond donors (Lipinski definition) is 0. The van der Waals surface area contributed by atoms with Crippen molar-refractivity contribution in [2.45, 2.75) is 31.4 Å². The molecule has 1 fully saturated rings. The van der Waals surface area contributed by atoms with Gasteiger partial charge in [-0.2, -0.15) is 11.8 Å². The third-order valence-electron chi connectivity index (χ3n) is 5.34. The number of piperidine rings is 1. The first-order valence-corrected chi connectivity index (χ1v) is 11.4. The molecule has 5 rings (SSSR count). The van der Waals surface area contributed by atoms with Crippen molar-refractivity contribution in [2.75, 3.05) is 23.7 Å². The third-order valence-corrected chi connectivity index (χ3v) is 7.64. The number of thioether (sulfide) groups is 1. The Morgan fingerprint density at radius 1 is 1.07 bits per heavy atom. The predicted octanol–water partition coefficient (Wildman–Crippen LogP) is 4.37. The number of halogens is 1. The van der Waals surface area contributed by atoms with E-state index in [0.717, 1.165) is 54.1 Å². The van der Waals surface area contributed by atoms with Gasteiger partial charge >= 0.3 is 0 Å². The fraction of sp³-hybridized carbons (Fsp3) is 0.400. The summed E-state index contributed by atoms with van der Waals surface area (Å²) in [6.45, 7) is 1.81. The number of nitrogens with zero attached hydrogens (tertiary/aromatic N) is 3. The van der Waals surface area contributed by atoms with E-state index in [1.807, 2.05) is 11.8 Å². The lowest BCUT2D eigenvalue weighted by atomic mass is 10.1. The van der Waals surface area contributed by atoms with Crippen LogP contribution in [0.2, 0.25) is 0 Å². The zero-order chi connectivity index (χ0) is 18.4. The average Bonchev–Trinajstić information content (AvgIpc) is 3.08. The molecule has 27 heavy (non-hydrogen) atoms. The van der Waals surface area contributed by atoms with Crippen molar-refractivity contribution >= 4 is 39.3 Å². The van der Waals surface area contributed by atoms with Crippen LogP contribution >= 0.6 is 23.1 Å². The van der Waals surface area contributed by atoms with Gasteiger partial charge in [-0.05, 0) is 61.3 Å². The number of thiophene rings is 1. The number of aryl methyl sites for hydroxylation is 1. The molecule has 7 heteroatoms. The molecule has 2 aliphatic heterocycles. The molecule has 0 aliphatic carbocycles. The minimum Gasteiger partial charge on any atom is -0.342 e. The van der Waals surface area contributed by atoms with E-state index >= 15 is 0 Å². The number of anilines is 1. The molecule has 3 aromatic rings. The van der Waals surface area contributed by atoms with Gasteiger partial charge in [0.1, 0.15) is 10.6 Å². The molecule has 0 bridgehead atoms. The van der Waals surface area contributed by atoms with Gasteiger partial charge in [0, 0.05) is 23.7 Å². The summed E-state index contributed by atoms with van der Waals surface area (Å²) in [5.41, 5.74) is 1.84. The van der Waals surface area contributed by atoms with Crippen LogP contribution in [0.4, 0.5) is 10.3 Å². The molecule has 0 radical (unpaired) electrons. The molecule has 1 saturated heterocycles. The van der Waals surface area contributed by atoms with E-state index < -0.39 is 0 Å². The normalized spacial score (nSPS) is 17.3. The van der Waals surface area contributed by atoms with Crippen molar-refractivity contribution in [1.29, 1.82) is 0 Å². The summed E-state index contributed by atoms with van der Waals surface area (Å²) in [6.07, 6.45) is 4.34. The molecule has 2 aromatic heterocycles. The Morgan fingerprint density at radius 3 is 2.63 bits per heavy atom. The largest absolute Gasteiger partial charge is 0.342 e. The van der Waals surface area contributed by atoms with E-state index in [1.54, 1.807) is 28.0 Å². The fourth-order valence-corrected chi connectivity index (χ4v) is 6.33. The Balaban J connectivity index is 1.79. The maximum absolute atomic E-state index is 13.6. The number of benzene rings is 1. The molecule has 0 amide bonds. The highest BCUT2D eigenvalue weighted by Gasteiger charge is 2.25. The average molecular weight is 402 g/mol. The molecule has 0 N–H and O–H groups in total. The van der Waals surface area contributed by atoms with Crippen LogP contribution in [-0.4, -0.2) is 28.4 Å². The smallest absolute Gasteiger partial charge is 0.268 e. The fourth-order valence-electron chi connectivity index (χ4n) is 3.99. The molecule has 0 unspecified atom stereocenters. The summed E-state index contributed by atoms with van der Waals surface area (Å²) in [7, 11) is 0.